The zero-order chi connectivity index (χ0) is 15.1. The van der Waals surface area contributed by atoms with E-state index in [1.54, 1.807) is 0 Å². The largest absolute Gasteiger partial charge is 0.316 e. The SMILES string of the molecule is CCc1ccc(CC(CSc2ccc(C)cc2)NC)nc1. The number of rotatable bonds is 7. The molecule has 2 aromatic rings. The smallest absolute Gasteiger partial charge is 0.0419 e. The summed E-state index contributed by atoms with van der Waals surface area (Å²) in [5.74, 6) is 1.05. The van der Waals surface area contributed by atoms with E-state index in [9.17, 15) is 0 Å². The molecule has 21 heavy (non-hydrogen) atoms. The molecule has 0 radical (unpaired) electrons. The molecule has 2 nitrogen and oxygen atoms in total. The molecular weight excluding hydrogens is 276 g/mol. The van der Waals surface area contributed by atoms with Gasteiger partial charge in [-0.2, -0.15) is 0 Å². The van der Waals surface area contributed by atoms with Crippen molar-refractivity contribution < 1.29 is 0 Å². The number of aryl methyl sites for hydroxylation is 2. The molecule has 0 saturated heterocycles. The van der Waals surface area contributed by atoms with Crippen LogP contribution in [-0.2, 0) is 12.8 Å². The first-order valence-corrected chi connectivity index (χ1v) is 8.50. The van der Waals surface area contributed by atoms with E-state index < -0.39 is 0 Å². The van der Waals surface area contributed by atoms with Crippen LogP contribution in [0.1, 0.15) is 23.7 Å². The van der Waals surface area contributed by atoms with Gasteiger partial charge in [-0.25, -0.2) is 0 Å². The van der Waals surface area contributed by atoms with E-state index in [0.29, 0.717) is 6.04 Å². The Kier molecular flexibility index (Phi) is 6.27. The molecule has 0 bridgehead atoms. The van der Waals surface area contributed by atoms with Crippen molar-refractivity contribution >= 4 is 11.8 Å². The van der Waals surface area contributed by atoms with Crippen molar-refractivity contribution in [3.05, 3.63) is 59.4 Å². The van der Waals surface area contributed by atoms with E-state index >= 15 is 0 Å². The van der Waals surface area contributed by atoms with Crippen LogP contribution in [-0.4, -0.2) is 23.8 Å². The number of thioether (sulfide) groups is 1. The van der Waals surface area contributed by atoms with Crippen LogP contribution in [0.2, 0.25) is 0 Å². The highest BCUT2D eigenvalue weighted by atomic mass is 32.2. The maximum atomic E-state index is 4.55. The molecule has 0 aliphatic rings. The number of benzene rings is 1. The molecule has 0 fully saturated rings. The highest BCUT2D eigenvalue weighted by molar-refractivity contribution is 7.99. The van der Waals surface area contributed by atoms with Gasteiger partial charge in [-0.1, -0.05) is 30.7 Å². The summed E-state index contributed by atoms with van der Waals surface area (Å²) in [6, 6.07) is 13.5. The molecule has 1 N–H and O–H groups in total. The molecule has 112 valence electrons. The fourth-order valence-corrected chi connectivity index (χ4v) is 3.12. The van der Waals surface area contributed by atoms with Gasteiger partial charge in [0.25, 0.3) is 0 Å². The Morgan fingerprint density at radius 3 is 2.48 bits per heavy atom. The Balaban J connectivity index is 1.88. The van der Waals surface area contributed by atoms with Gasteiger partial charge in [0, 0.05) is 35.0 Å². The van der Waals surface area contributed by atoms with Gasteiger partial charge in [-0.3, -0.25) is 4.98 Å². The highest BCUT2D eigenvalue weighted by Gasteiger charge is 2.09. The molecule has 1 unspecified atom stereocenters. The summed E-state index contributed by atoms with van der Waals surface area (Å²) in [5, 5.41) is 3.40. The topological polar surface area (TPSA) is 24.9 Å². The normalized spacial score (nSPS) is 12.3. The lowest BCUT2D eigenvalue weighted by atomic mass is 10.1. The molecule has 1 heterocycles. The molecule has 0 spiro atoms. The molecule has 3 heteroatoms. The van der Waals surface area contributed by atoms with Crippen LogP contribution < -0.4 is 5.32 Å². The van der Waals surface area contributed by atoms with Crippen molar-refractivity contribution in [1.82, 2.24) is 10.3 Å². The van der Waals surface area contributed by atoms with E-state index in [2.05, 4.69) is 60.5 Å². The summed E-state index contributed by atoms with van der Waals surface area (Å²) < 4.78 is 0. The Morgan fingerprint density at radius 2 is 1.90 bits per heavy atom. The molecular formula is C18H24N2S. The summed E-state index contributed by atoms with van der Waals surface area (Å²) in [6.07, 6.45) is 4.01. The average Bonchev–Trinajstić information content (AvgIpc) is 2.53. The number of nitrogens with zero attached hydrogens (tertiary/aromatic N) is 1. The molecule has 1 aromatic heterocycles. The van der Waals surface area contributed by atoms with Crippen molar-refractivity contribution in [2.24, 2.45) is 0 Å². The molecule has 1 aromatic carbocycles. The lowest BCUT2D eigenvalue weighted by molar-refractivity contribution is 0.609. The van der Waals surface area contributed by atoms with Gasteiger partial charge in [0.05, 0.1) is 0 Å². The van der Waals surface area contributed by atoms with Crippen LogP contribution in [0.4, 0.5) is 0 Å². The summed E-state index contributed by atoms with van der Waals surface area (Å²) in [6.45, 7) is 4.28. The second kappa shape index (κ2) is 8.20. The molecule has 0 saturated carbocycles. The zero-order valence-corrected chi connectivity index (χ0v) is 13.9. The maximum absolute atomic E-state index is 4.55. The minimum atomic E-state index is 0.441. The van der Waals surface area contributed by atoms with Gasteiger partial charge in [0.15, 0.2) is 0 Å². The van der Waals surface area contributed by atoms with Crippen molar-refractivity contribution in [3.63, 3.8) is 0 Å². The van der Waals surface area contributed by atoms with Crippen LogP contribution in [0, 0.1) is 6.92 Å². The van der Waals surface area contributed by atoms with Gasteiger partial charge < -0.3 is 5.32 Å². The van der Waals surface area contributed by atoms with E-state index in [0.717, 1.165) is 24.3 Å². The molecule has 0 aliphatic heterocycles. The van der Waals surface area contributed by atoms with Crippen LogP contribution in [0.5, 0.6) is 0 Å². The summed E-state index contributed by atoms with van der Waals surface area (Å²) in [5.41, 5.74) is 3.77. The summed E-state index contributed by atoms with van der Waals surface area (Å²) in [7, 11) is 2.03. The van der Waals surface area contributed by atoms with E-state index in [4.69, 9.17) is 0 Å². The van der Waals surface area contributed by atoms with Crippen molar-refractivity contribution in [1.29, 1.82) is 0 Å². The number of nitrogens with one attached hydrogen (secondary N) is 1. The Hall–Kier alpha value is -1.32. The third-order valence-electron chi connectivity index (χ3n) is 3.63. The number of likely N-dealkylation sites (N-methyl/N-ethyl adjacent to an activating group) is 1. The van der Waals surface area contributed by atoms with Crippen LogP contribution >= 0.6 is 11.8 Å². The first-order valence-electron chi connectivity index (χ1n) is 7.51. The number of aromatic nitrogens is 1. The lowest BCUT2D eigenvalue weighted by Crippen LogP contribution is -2.30. The quantitative estimate of drug-likeness (QED) is 0.786. The van der Waals surface area contributed by atoms with Crippen molar-refractivity contribution in [2.75, 3.05) is 12.8 Å². The zero-order valence-electron chi connectivity index (χ0n) is 13.1. The summed E-state index contributed by atoms with van der Waals surface area (Å²) in [4.78, 5) is 5.88. The number of hydrogen-bond donors (Lipinski definition) is 1. The second-order valence-electron chi connectivity index (χ2n) is 5.33. The van der Waals surface area contributed by atoms with Crippen molar-refractivity contribution in [2.45, 2.75) is 37.6 Å². The van der Waals surface area contributed by atoms with Gasteiger partial charge in [-0.15, -0.1) is 11.8 Å². The fourth-order valence-electron chi connectivity index (χ4n) is 2.11. The van der Waals surface area contributed by atoms with Crippen LogP contribution in [0.25, 0.3) is 0 Å². The minimum absolute atomic E-state index is 0.441. The first kappa shape index (κ1) is 16.1. The van der Waals surface area contributed by atoms with Gasteiger partial charge in [-0.05, 0) is 44.2 Å². The third-order valence-corrected chi connectivity index (χ3v) is 4.80. The van der Waals surface area contributed by atoms with E-state index in [1.165, 1.54) is 16.0 Å². The highest BCUT2D eigenvalue weighted by Crippen LogP contribution is 2.20. The van der Waals surface area contributed by atoms with Gasteiger partial charge >= 0.3 is 0 Å². The van der Waals surface area contributed by atoms with E-state index in [-0.39, 0.29) is 0 Å². The average molecular weight is 300 g/mol. The Labute approximate surface area is 132 Å². The number of hydrogen-bond acceptors (Lipinski definition) is 3. The first-order chi connectivity index (χ1) is 10.2. The van der Waals surface area contributed by atoms with Gasteiger partial charge in [0.2, 0.25) is 0 Å². The third kappa shape index (κ3) is 5.18. The Morgan fingerprint density at radius 1 is 1.14 bits per heavy atom. The summed E-state index contributed by atoms with van der Waals surface area (Å²) >= 11 is 1.90. The molecule has 0 amide bonds. The van der Waals surface area contributed by atoms with E-state index in [1.807, 2.05) is 25.0 Å². The second-order valence-corrected chi connectivity index (χ2v) is 6.42. The molecule has 2 rings (SSSR count). The maximum Gasteiger partial charge on any atom is 0.0419 e. The molecule has 1 atom stereocenters. The standard InChI is InChI=1S/C18H24N2S/c1-4-15-7-8-16(20-12-15)11-17(19-3)13-21-18-9-5-14(2)6-10-18/h5-10,12,17,19H,4,11,13H2,1-3H3. The monoisotopic (exact) mass is 300 g/mol. The predicted octanol–water partition coefficient (Wildman–Crippen LogP) is 3.88. The lowest BCUT2D eigenvalue weighted by Gasteiger charge is -2.15. The van der Waals surface area contributed by atoms with Crippen molar-refractivity contribution in [3.8, 4) is 0 Å². The van der Waals surface area contributed by atoms with Crippen LogP contribution in [0.3, 0.4) is 0 Å². The Bertz CT molecular complexity index is 534. The molecule has 0 aliphatic carbocycles. The van der Waals surface area contributed by atoms with Crippen LogP contribution in [0.15, 0.2) is 47.5 Å². The minimum Gasteiger partial charge on any atom is -0.316 e. The fraction of sp³-hybridized carbons (Fsp3) is 0.389. The predicted molar refractivity (Wildman–Crippen MR) is 92.1 cm³/mol. The van der Waals surface area contributed by atoms with Gasteiger partial charge in [0.1, 0.15) is 0 Å². The number of pyridine rings is 1.